The Hall–Kier alpha value is -1.21. The Balaban J connectivity index is 1.89. The Bertz CT molecular complexity index is 523. The van der Waals surface area contributed by atoms with Crippen LogP contribution in [0.1, 0.15) is 20.8 Å². The number of aromatic nitrogens is 1. The molecule has 3 atom stereocenters. The number of carbonyl (C=O) groups excluding carboxylic acids is 1. The van der Waals surface area contributed by atoms with Gasteiger partial charge in [-0.25, -0.2) is 4.98 Å². The highest BCUT2D eigenvalue weighted by molar-refractivity contribution is 6.30. The number of aliphatic hydroxyl groups is 1. The number of rotatable bonds is 5. The van der Waals surface area contributed by atoms with Gasteiger partial charge in [0.15, 0.2) is 0 Å². The molecule has 0 bridgehead atoms. The fraction of sp³-hybridized carbons (Fsp3) is 0.625. The number of hydrogen-bond donors (Lipinski definition) is 2. The summed E-state index contributed by atoms with van der Waals surface area (Å²) in [6.07, 6.45) is 1.18. The van der Waals surface area contributed by atoms with E-state index in [-0.39, 0.29) is 18.1 Å². The van der Waals surface area contributed by atoms with Crippen molar-refractivity contribution in [2.75, 3.05) is 31.5 Å². The van der Waals surface area contributed by atoms with Crippen molar-refractivity contribution < 1.29 is 9.90 Å². The van der Waals surface area contributed by atoms with E-state index in [2.05, 4.69) is 27.0 Å². The number of anilines is 1. The number of aliphatic hydroxyl groups excluding tert-OH is 1. The van der Waals surface area contributed by atoms with Crippen LogP contribution in [0.15, 0.2) is 18.3 Å². The first-order valence-electron chi connectivity index (χ1n) is 7.95. The van der Waals surface area contributed by atoms with Gasteiger partial charge in [0.05, 0.1) is 17.2 Å². The van der Waals surface area contributed by atoms with Crippen LogP contribution in [0.3, 0.4) is 0 Å². The van der Waals surface area contributed by atoms with E-state index >= 15 is 0 Å². The molecule has 3 unspecified atom stereocenters. The summed E-state index contributed by atoms with van der Waals surface area (Å²) in [6.45, 7) is 8.96. The normalized spacial score (nSPS) is 22.6. The third-order valence-corrected chi connectivity index (χ3v) is 4.42. The van der Waals surface area contributed by atoms with Crippen molar-refractivity contribution in [3.63, 3.8) is 0 Å². The second-order valence-electron chi connectivity index (χ2n) is 6.21. The molecule has 6 nitrogen and oxygen atoms in total. The van der Waals surface area contributed by atoms with E-state index < -0.39 is 0 Å². The first kappa shape index (κ1) is 18.1. The molecule has 1 fully saturated rings. The Labute approximate surface area is 142 Å². The molecule has 1 aliphatic rings. The van der Waals surface area contributed by atoms with Crippen molar-refractivity contribution in [2.45, 2.75) is 39.0 Å². The van der Waals surface area contributed by atoms with Gasteiger partial charge in [-0.3, -0.25) is 14.6 Å². The minimum absolute atomic E-state index is 0.0731. The third kappa shape index (κ3) is 5.14. The highest BCUT2D eigenvalue weighted by Gasteiger charge is 2.30. The van der Waals surface area contributed by atoms with Gasteiger partial charge in [0.2, 0.25) is 5.91 Å². The van der Waals surface area contributed by atoms with Gasteiger partial charge in [0, 0.05) is 38.4 Å². The van der Waals surface area contributed by atoms with E-state index in [1.54, 1.807) is 19.1 Å². The lowest BCUT2D eigenvalue weighted by molar-refractivity contribution is -0.122. The Kier molecular flexibility index (Phi) is 6.35. The molecule has 2 N–H and O–H groups in total. The van der Waals surface area contributed by atoms with Crippen molar-refractivity contribution in [1.29, 1.82) is 0 Å². The van der Waals surface area contributed by atoms with Gasteiger partial charge in [0.1, 0.15) is 5.82 Å². The fourth-order valence-electron chi connectivity index (χ4n) is 2.83. The highest BCUT2D eigenvalue weighted by Crippen LogP contribution is 2.15. The zero-order valence-corrected chi connectivity index (χ0v) is 14.6. The van der Waals surface area contributed by atoms with Crippen molar-refractivity contribution in [1.82, 2.24) is 14.8 Å². The van der Waals surface area contributed by atoms with E-state index in [0.717, 1.165) is 19.6 Å². The highest BCUT2D eigenvalue weighted by atomic mass is 35.5. The number of β-amino-alcohol motifs (C(OH)–C–C–N with tert-alkyl or cyclic N) is 1. The molecule has 1 aliphatic heterocycles. The molecule has 23 heavy (non-hydrogen) atoms. The number of halogens is 1. The van der Waals surface area contributed by atoms with Crippen LogP contribution >= 0.6 is 11.6 Å². The second-order valence-corrected chi connectivity index (χ2v) is 6.65. The smallest absolute Gasteiger partial charge is 0.242 e. The predicted octanol–water partition coefficient (Wildman–Crippen LogP) is 1.45. The van der Waals surface area contributed by atoms with Gasteiger partial charge in [-0.15, -0.1) is 0 Å². The van der Waals surface area contributed by atoms with Crippen LogP contribution in [-0.2, 0) is 4.79 Å². The van der Waals surface area contributed by atoms with Crippen LogP contribution in [0.4, 0.5) is 5.82 Å². The maximum atomic E-state index is 12.4. The number of nitrogens with one attached hydrogen (secondary N) is 1. The van der Waals surface area contributed by atoms with Gasteiger partial charge in [0.25, 0.3) is 0 Å². The Morgan fingerprint density at radius 3 is 2.78 bits per heavy atom. The topological polar surface area (TPSA) is 68.7 Å². The van der Waals surface area contributed by atoms with Gasteiger partial charge >= 0.3 is 0 Å². The van der Waals surface area contributed by atoms with Crippen molar-refractivity contribution in [2.24, 2.45) is 0 Å². The number of carbonyl (C=O) groups is 1. The average molecular weight is 341 g/mol. The summed E-state index contributed by atoms with van der Waals surface area (Å²) in [5.74, 6) is 0.433. The van der Waals surface area contributed by atoms with E-state index in [4.69, 9.17) is 11.6 Å². The summed E-state index contributed by atoms with van der Waals surface area (Å²) in [4.78, 5) is 20.9. The number of hydrogen-bond acceptors (Lipinski definition) is 5. The van der Waals surface area contributed by atoms with Crippen molar-refractivity contribution in [3.8, 4) is 0 Å². The summed E-state index contributed by atoms with van der Waals surface area (Å²) in [5, 5.41) is 12.9. The summed E-state index contributed by atoms with van der Waals surface area (Å²) in [7, 11) is 0. The summed E-state index contributed by atoms with van der Waals surface area (Å²) in [5.41, 5.74) is 0. The minimum atomic E-state index is -0.333. The molecule has 1 saturated heterocycles. The Morgan fingerprint density at radius 2 is 2.22 bits per heavy atom. The second kappa shape index (κ2) is 8.06. The molecule has 128 valence electrons. The van der Waals surface area contributed by atoms with Crippen molar-refractivity contribution >= 4 is 23.3 Å². The Morgan fingerprint density at radius 1 is 1.48 bits per heavy atom. The zero-order valence-electron chi connectivity index (χ0n) is 13.9. The maximum absolute atomic E-state index is 12.4. The SMILES string of the molecule is CC(O)CN1CCN(C(C)C(=O)Nc2ccc(Cl)cn2)CC1C. The molecule has 1 aromatic rings. The number of pyridine rings is 1. The van der Waals surface area contributed by atoms with E-state index in [9.17, 15) is 9.90 Å². The van der Waals surface area contributed by atoms with Gasteiger partial charge in [-0.05, 0) is 32.9 Å². The van der Waals surface area contributed by atoms with E-state index in [1.165, 1.54) is 6.20 Å². The first-order valence-corrected chi connectivity index (χ1v) is 8.33. The summed E-state index contributed by atoms with van der Waals surface area (Å²) >= 11 is 5.79. The largest absolute Gasteiger partial charge is 0.392 e. The average Bonchev–Trinajstić information content (AvgIpc) is 2.50. The molecular weight excluding hydrogens is 316 g/mol. The fourth-order valence-corrected chi connectivity index (χ4v) is 2.94. The van der Waals surface area contributed by atoms with Crippen LogP contribution in [0.25, 0.3) is 0 Å². The molecule has 0 aliphatic carbocycles. The summed E-state index contributed by atoms with van der Waals surface area (Å²) < 4.78 is 0. The number of piperazine rings is 1. The summed E-state index contributed by atoms with van der Waals surface area (Å²) in [6, 6.07) is 3.47. The monoisotopic (exact) mass is 340 g/mol. The standard InChI is InChI=1S/C16H25ClN4O2/c1-11-9-21(7-6-20(11)10-12(2)22)13(3)16(23)19-15-5-4-14(17)8-18-15/h4-5,8,11-13,22H,6-7,9-10H2,1-3H3,(H,18,19,23). The van der Waals surface area contributed by atoms with Gasteiger partial charge in [-0.2, -0.15) is 0 Å². The van der Waals surface area contributed by atoms with Crippen LogP contribution in [0.2, 0.25) is 5.02 Å². The molecule has 2 rings (SSSR count). The van der Waals surface area contributed by atoms with Gasteiger partial charge in [-0.1, -0.05) is 11.6 Å². The third-order valence-electron chi connectivity index (χ3n) is 4.20. The van der Waals surface area contributed by atoms with Crippen LogP contribution in [0.5, 0.6) is 0 Å². The lowest BCUT2D eigenvalue weighted by atomic mass is 10.1. The van der Waals surface area contributed by atoms with E-state index in [0.29, 0.717) is 23.4 Å². The van der Waals surface area contributed by atoms with Crippen LogP contribution in [0, 0.1) is 0 Å². The molecule has 0 aromatic carbocycles. The van der Waals surface area contributed by atoms with E-state index in [1.807, 2.05) is 6.92 Å². The molecule has 0 spiro atoms. The van der Waals surface area contributed by atoms with Gasteiger partial charge < -0.3 is 10.4 Å². The molecular formula is C16H25ClN4O2. The minimum Gasteiger partial charge on any atom is -0.392 e. The molecule has 0 saturated carbocycles. The number of amides is 1. The van der Waals surface area contributed by atoms with Crippen LogP contribution in [-0.4, -0.2) is 70.2 Å². The molecule has 1 amide bonds. The lowest BCUT2D eigenvalue weighted by Crippen LogP contribution is -2.57. The van der Waals surface area contributed by atoms with Crippen molar-refractivity contribution in [3.05, 3.63) is 23.4 Å². The molecule has 0 radical (unpaired) electrons. The molecule has 2 heterocycles. The molecule has 7 heteroatoms. The zero-order chi connectivity index (χ0) is 17.0. The molecule has 1 aromatic heterocycles. The quantitative estimate of drug-likeness (QED) is 0.849. The predicted molar refractivity (Wildman–Crippen MR) is 91.6 cm³/mol. The first-order chi connectivity index (χ1) is 10.9. The maximum Gasteiger partial charge on any atom is 0.242 e. The lowest BCUT2D eigenvalue weighted by Gasteiger charge is -2.42. The van der Waals surface area contributed by atoms with Crippen LogP contribution < -0.4 is 5.32 Å². The number of nitrogens with zero attached hydrogens (tertiary/aromatic N) is 3.